The molecule has 1 aromatic heterocycles. The molecule has 1 spiro atoms. The molecule has 2 aliphatic rings. The van der Waals surface area contributed by atoms with Crippen molar-refractivity contribution in [2.75, 3.05) is 11.9 Å². The molecule has 2 heterocycles. The maximum Gasteiger partial charge on any atom is 0.131 e. The SMILES string of the molecule is CC1CC12CNc1cc(Cl)ncc12. The summed E-state index contributed by atoms with van der Waals surface area (Å²) in [5, 5.41) is 3.98. The second-order valence-electron chi connectivity index (χ2n) is 4.17. The quantitative estimate of drug-likeness (QED) is 0.642. The molecule has 3 rings (SSSR count). The van der Waals surface area contributed by atoms with Gasteiger partial charge in [-0.15, -0.1) is 0 Å². The van der Waals surface area contributed by atoms with Crippen LogP contribution < -0.4 is 5.32 Å². The van der Waals surface area contributed by atoms with Crippen molar-refractivity contribution in [2.24, 2.45) is 5.92 Å². The van der Waals surface area contributed by atoms with Crippen molar-refractivity contribution in [1.82, 2.24) is 4.98 Å². The fraction of sp³-hybridized carbons (Fsp3) is 0.500. The summed E-state index contributed by atoms with van der Waals surface area (Å²) in [4.78, 5) is 4.15. The van der Waals surface area contributed by atoms with E-state index in [1.165, 1.54) is 17.7 Å². The predicted molar refractivity (Wildman–Crippen MR) is 53.2 cm³/mol. The molecule has 1 N–H and O–H groups in total. The number of nitrogens with one attached hydrogen (secondary N) is 1. The summed E-state index contributed by atoms with van der Waals surface area (Å²) in [7, 11) is 0. The van der Waals surface area contributed by atoms with Crippen molar-refractivity contribution in [3.8, 4) is 0 Å². The summed E-state index contributed by atoms with van der Waals surface area (Å²) in [5.74, 6) is 0.796. The topological polar surface area (TPSA) is 24.9 Å². The van der Waals surface area contributed by atoms with Crippen LogP contribution in [-0.2, 0) is 5.41 Å². The number of halogens is 1. The molecule has 1 fully saturated rings. The number of aromatic nitrogens is 1. The first-order chi connectivity index (χ1) is 6.22. The highest BCUT2D eigenvalue weighted by atomic mass is 35.5. The van der Waals surface area contributed by atoms with E-state index in [1.54, 1.807) is 0 Å². The van der Waals surface area contributed by atoms with Crippen LogP contribution in [-0.4, -0.2) is 11.5 Å². The van der Waals surface area contributed by atoms with Gasteiger partial charge in [0.15, 0.2) is 0 Å². The van der Waals surface area contributed by atoms with Gasteiger partial charge in [-0.25, -0.2) is 4.98 Å². The molecule has 3 heteroatoms. The molecule has 2 nitrogen and oxygen atoms in total. The minimum Gasteiger partial charge on any atom is -0.384 e. The van der Waals surface area contributed by atoms with Gasteiger partial charge in [-0.1, -0.05) is 18.5 Å². The first-order valence-electron chi connectivity index (χ1n) is 4.62. The van der Waals surface area contributed by atoms with Gasteiger partial charge in [0.1, 0.15) is 5.15 Å². The van der Waals surface area contributed by atoms with Crippen molar-refractivity contribution >= 4 is 17.3 Å². The number of hydrogen-bond acceptors (Lipinski definition) is 2. The third-order valence-corrected chi connectivity index (χ3v) is 3.66. The molecule has 0 radical (unpaired) electrons. The van der Waals surface area contributed by atoms with Gasteiger partial charge in [0.2, 0.25) is 0 Å². The minimum absolute atomic E-state index is 0.396. The van der Waals surface area contributed by atoms with Crippen LogP contribution >= 0.6 is 11.6 Å². The zero-order valence-corrected chi connectivity index (χ0v) is 8.23. The van der Waals surface area contributed by atoms with E-state index in [4.69, 9.17) is 11.6 Å². The molecule has 0 bridgehead atoms. The van der Waals surface area contributed by atoms with Gasteiger partial charge in [-0.2, -0.15) is 0 Å². The highest BCUT2D eigenvalue weighted by molar-refractivity contribution is 6.29. The largest absolute Gasteiger partial charge is 0.384 e. The highest BCUT2D eigenvalue weighted by Crippen LogP contribution is 2.58. The number of fused-ring (bicyclic) bond motifs is 2. The smallest absolute Gasteiger partial charge is 0.131 e. The van der Waals surface area contributed by atoms with E-state index in [2.05, 4.69) is 17.2 Å². The zero-order chi connectivity index (χ0) is 9.05. The molecule has 2 atom stereocenters. The Morgan fingerprint density at radius 2 is 2.46 bits per heavy atom. The molecule has 0 saturated heterocycles. The van der Waals surface area contributed by atoms with Crippen LogP contribution in [0.3, 0.4) is 0 Å². The Morgan fingerprint density at radius 1 is 1.69 bits per heavy atom. The summed E-state index contributed by atoms with van der Waals surface area (Å²) in [6.45, 7) is 3.36. The maximum atomic E-state index is 5.82. The fourth-order valence-corrected chi connectivity index (χ4v) is 2.59. The van der Waals surface area contributed by atoms with Crippen LogP contribution in [0.1, 0.15) is 18.9 Å². The molecule has 68 valence electrons. The fourth-order valence-electron chi connectivity index (χ4n) is 2.43. The Kier molecular flexibility index (Phi) is 1.28. The Bertz CT molecular complexity index is 377. The predicted octanol–water partition coefficient (Wildman–Crippen LogP) is 2.44. The van der Waals surface area contributed by atoms with Gasteiger partial charge in [0.05, 0.1) is 0 Å². The van der Waals surface area contributed by atoms with Crippen LogP contribution in [0, 0.1) is 5.92 Å². The molecule has 1 aliphatic carbocycles. The van der Waals surface area contributed by atoms with E-state index in [-0.39, 0.29) is 0 Å². The van der Waals surface area contributed by atoms with Crippen molar-refractivity contribution in [3.05, 3.63) is 23.0 Å². The summed E-state index contributed by atoms with van der Waals surface area (Å²) in [6.07, 6.45) is 3.22. The summed E-state index contributed by atoms with van der Waals surface area (Å²) in [5.41, 5.74) is 2.95. The van der Waals surface area contributed by atoms with Gasteiger partial charge in [0, 0.05) is 29.4 Å². The molecule has 1 aromatic rings. The first-order valence-corrected chi connectivity index (χ1v) is 5.00. The van der Waals surface area contributed by atoms with Gasteiger partial charge < -0.3 is 5.32 Å². The third-order valence-electron chi connectivity index (χ3n) is 3.45. The zero-order valence-electron chi connectivity index (χ0n) is 7.47. The summed E-state index contributed by atoms with van der Waals surface area (Å²) in [6, 6.07) is 1.93. The van der Waals surface area contributed by atoms with Crippen molar-refractivity contribution < 1.29 is 0 Å². The summed E-state index contributed by atoms with van der Waals surface area (Å²) < 4.78 is 0. The Balaban J connectivity index is 2.13. The van der Waals surface area contributed by atoms with Crippen LogP contribution in [0.25, 0.3) is 0 Å². The summed E-state index contributed by atoms with van der Waals surface area (Å²) >= 11 is 5.82. The Morgan fingerprint density at radius 3 is 3.15 bits per heavy atom. The molecule has 13 heavy (non-hydrogen) atoms. The number of pyridine rings is 1. The molecular formula is C10H11ClN2. The van der Waals surface area contributed by atoms with Crippen molar-refractivity contribution in [3.63, 3.8) is 0 Å². The van der Waals surface area contributed by atoms with Crippen molar-refractivity contribution in [1.29, 1.82) is 0 Å². The average molecular weight is 195 g/mol. The van der Waals surface area contributed by atoms with Crippen LogP contribution in [0.2, 0.25) is 5.15 Å². The van der Waals surface area contributed by atoms with Gasteiger partial charge in [0.25, 0.3) is 0 Å². The average Bonchev–Trinajstić information content (AvgIpc) is 2.59. The van der Waals surface area contributed by atoms with Crippen LogP contribution in [0.5, 0.6) is 0 Å². The van der Waals surface area contributed by atoms with E-state index in [9.17, 15) is 0 Å². The number of nitrogens with zero attached hydrogens (tertiary/aromatic N) is 1. The lowest BCUT2D eigenvalue weighted by Crippen LogP contribution is -2.11. The van der Waals surface area contributed by atoms with E-state index in [1.807, 2.05) is 12.3 Å². The Hall–Kier alpha value is -0.760. The second-order valence-corrected chi connectivity index (χ2v) is 4.55. The monoisotopic (exact) mass is 194 g/mol. The van der Waals surface area contributed by atoms with E-state index < -0.39 is 0 Å². The maximum absolute atomic E-state index is 5.82. The van der Waals surface area contributed by atoms with E-state index in [0.717, 1.165) is 12.5 Å². The number of rotatable bonds is 0. The normalized spacial score (nSPS) is 34.5. The van der Waals surface area contributed by atoms with Gasteiger partial charge in [-0.3, -0.25) is 0 Å². The molecular weight excluding hydrogens is 184 g/mol. The highest BCUT2D eigenvalue weighted by Gasteiger charge is 2.56. The Labute approximate surface area is 82.3 Å². The lowest BCUT2D eigenvalue weighted by atomic mass is 9.98. The van der Waals surface area contributed by atoms with E-state index in [0.29, 0.717) is 10.6 Å². The van der Waals surface area contributed by atoms with E-state index >= 15 is 0 Å². The lowest BCUT2D eigenvalue weighted by molar-refractivity contribution is 0.693. The molecule has 1 saturated carbocycles. The van der Waals surface area contributed by atoms with Crippen LogP contribution in [0.4, 0.5) is 5.69 Å². The second kappa shape index (κ2) is 2.18. The number of anilines is 1. The molecule has 2 unspecified atom stereocenters. The molecule has 0 amide bonds. The standard InChI is InChI=1S/C10H11ClN2/c1-6-3-10(6)5-13-8-2-9(11)12-4-7(8)10/h2,4,6,13H,3,5H2,1H3. The lowest BCUT2D eigenvalue weighted by Gasteiger charge is -2.06. The van der Waals surface area contributed by atoms with Crippen molar-refractivity contribution in [2.45, 2.75) is 18.8 Å². The molecule has 1 aliphatic heterocycles. The minimum atomic E-state index is 0.396. The van der Waals surface area contributed by atoms with Crippen LogP contribution in [0.15, 0.2) is 12.3 Å². The molecule has 0 aromatic carbocycles. The number of hydrogen-bond donors (Lipinski definition) is 1. The van der Waals surface area contributed by atoms with Gasteiger partial charge >= 0.3 is 0 Å². The third kappa shape index (κ3) is 0.869. The van der Waals surface area contributed by atoms with Gasteiger partial charge in [-0.05, 0) is 18.4 Å². The first kappa shape index (κ1) is 7.63.